The number of rotatable bonds is 29. The van der Waals surface area contributed by atoms with Crippen LogP contribution in [0.15, 0.2) is 24.3 Å². The van der Waals surface area contributed by atoms with E-state index in [2.05, 4.69) is 47.9 Å². The van der Waals surface area contributed by atoms with Crippen molar-refractivity contribution in [2.75, 3.05) is 89.5 Å². The number of carbonyl (C=O) groups excluding carboxylic acids is 5. The van der Waals surface area contributed by atoms with Crippen LogP contribution in [0, 0.1) is 47.3 Å². The van der Waals surface area contributed by atoms with Gasteiger partial charge in [-0.05, 0) is 135 Å². The summed E-state index contributed by atoms with van der Waals surface area (Å²) in [6.07, 6.45) is 6.89. The molecule has 2 aromatic rings. The van der Waals surface area contributed by atoms with Crippen LogP contribution in [0.5, 0.6) is 23.0 Å². The number of ether oxygens (including phenoxy) is 5. The third kappa shape index (κ3) is 14.8. The molecule has 0 radical (unpaired) electrons. The van der Waals surface area contributed by atoms with E-state index in [0.29, 0.717) is 55.7 Å². The van der Waals surface area contributed by atoms with Gasteiger partial charge < -0.3 is 43.5 Å². The Morgan fingerprint density at radius 2 is 1.31 bits per heavy atom. The molecule has 4 heterocycles. The predicted molar refractivity (Wildman–Crippen MR) is 317 cm³/mol. The number of aliphatic hydroxyl groups excluding tert-OH is 1. The van der Waals surface area contributed by atoms with Crippen molar-refractivity contribution >= 4 is 29.3 Å². The zero-order chi connectivity index (χ0) is 59.6. The lowest BCUT2D eigenvalue weighted by molar-refractivity contribution is -0.146. The molecule has 16 heteroatoms. The number of aliphatic hydroxyl groups is 1. The number of fused-ring (bicyclic) bond motifs is 4. The molecule has 3 amide bonds. The van der Waals surface area contributed by atoms with Crippen molar-refractivity contribution in [1.29, 1.82) is 0 Å². The number of piperidine rings is 1. The predicted octanol–water partition coefficient (Wildman–Crippen LogP) is 9.25. The van der Waals surface area contributed by atoms with Crippen LogP contribution in [0.25, 0.3) is 0 Å². The third-order valence-corrected chi connectivity index (χ3v) is 19.5. The van der Waals surface area contributed by atoms with E-state index in [0.717, 1.165) is 74.2 Å². The molecule has 0 saturated carbocycles. The molecule has 16 nitrogen and oxygen atoms in total. The fourth-order valence-corrected chi connectivity index (χ4v) is 14.9. The van der Waals surface area contributed by atoms with Gasteiger partial charge in [0.05, 0.1) is 52.7 Å². The molecule has 4 aliphatic rings. The monoisotopic (exact) mass is 1130 g/mol. The minimum atomic E-state index is -0.574. The number of methoxy groups -OCH3 is 5. The highest BCUT2D eigenvalue weighted by molar-refractivity contribution is 5.90. The van der Waals surface area contributed by atoms with Crippen molar-refractivity contribution in [2.24, 2.45) is 47.3 Å². The molecule has 454 valence electrons. The Bertz CT molecular complexity index is 2440. The molecule has 2 saturated heterocycles. The average Bonchev–Trinajstić information content (AvgIpc) is 3.94. The first-order valence-electron chi connectivity index (χ1n) is 30.6. The largest absolute Gasteiger partial charge is 0.493 e. The number of amides is 3. The highest BCUT2D eigenvalue weighted by atomic mass is 16.5. The van der Waals surface area contributed by atoms with E-state index >= 15 is 0 Å². The Kier molecular flexibility index (Phi) is 23.9. The molecule has 0 aromatic heterocycles. The Hall–Kier alpha value is -4.77. The smallest absolute Gasteiger partial charge is 0.226 e. The molecular formula is C65H103N5O11. The minimum Gasteiger partial charge on any atom is -0.493 e. The maximum absolute atomic E-state index is 14.8. The lowest BCUT2D eigenvalue weighted by Gasteiger charge is -2.49. The topological polar surface area (TPSA) is 168 Å². The zero-order valence-electron chi connectivity index (χ0n) is 52.4. The van der Waals surface area contributed by atoms with E-state index in [4.69, 9.17) is 23.7 Å². The Morgan fingerprint density at radius 3 is 1.86 bits per heavy atom. The van der Waals surface area contributed by atoms with E-state index < -0.39 is 29.9 Å². The van der Waals surface area contributed by atoms with Gasteiger partial charge in [0.25, 0.3) is 0 Å². The number of ketones is 2. The zero-order valence-corrected chi connectivity index (χ0v) is 52.4. The van der Waals surface area contributed by atoms with Gasteiger partial charge in [0.15, 0.2) is 28.8 Å². The van der Waals surface area contributed by atoms with Crippen LogP contribution in [0.2, 0.25) is 0 Å². The summed E-state index contributed by atoms with van der Waals surface area (Å²) in [4.78, 5) is 82.0. The first kappa shape index (κ1) is 65.4. The lowest BCUT2D eigenvalue weighted by atomic mass is 9.72. The van der Waals surface area contributed by atoms with Gasteiger partial charge in [-0.25, -0.2) is 0 Å². The first-order chi connectivity index (χ1) is 38.6. The summed E-state index contributed by atoms with van der Waals surface area (Å²) in [6.45, 7) is 19.0. The second-order valence-corrected chi connectivity index (χ2v) is 25.1. The van der Waals surface area contributed by atoms with Gasteiger partial charge in [-0.15, -0.1) is 0 Å². The van der Waals surface area contributed by atoms with Crippen LogP contribution in [-0.2, 0) is 41.6 Å². The number of Topliss-reactive ketones (excluding diaryl/α,β-unsaturated/α-hetero) is 2. The van der Waals surface area contributed by atoms with Crippen molar-refractivity contribution in [3.05, 3.63) is 46.5 Å². The lowest BCUT2D eigenvalue weighted by Crippen LogP contribution is -2.52. The Labute approximate surface area is 486 Å². The molecule has 12 atom stereocenters. The quantitative estimate of drug-likeness (QED) is 0.0820. The summed E-state index contributed by atoms with van der Waals surface area (Å²) >= 11 is 0. The maximum atomic E-state index is 14.8. The summed E-state index contributed by atoms with van der Waals surface area (Å²) < 4.78 is 29.3. The molecule has 3 unspecified atom stereocenters. The standard InChI is InChI=1S/C65H103N5O11/c1-17-41(7)63(67(11)65(76)48(39(3)4)34-55(73)62(40(5)6)66(9)10)47(38-71)33-61(75)69-26-20-21-51(69)64(81-16)42(8)54(72)22-19-23-60(74)70-28-25-45-32-57(78-13)59(80-15)36-50(45)53(70)30-46-29-52-49-35-58(79-14)56(77-12)31-44(49)24-27-68(52)37-43(46)18-2/h31-32,35-36,39-43,46-48,51-53,62-64,71H,17-30,33-34,37-38H2,1-16H3/t41-,42-,43-,46+,47-,48-,51?,52?,53+,62-,63?,64+/m0/s1. The van der Waals surface area contributed by atoms with Gasteiger partial charge in [-0.3, -0.25) is 33.8 Å². The molecule has 1 N–H and O–H groups in total. The molecule has 6 rings (SSSR count). The van der Waals surface area contributed by atoms with E-state index in [9.17, 15) is 29.1 Å². The summed E-state index contributed by atoms with van der Waals surface area (Å²) in [5.74, 6) is 1.59. The van der Waals surface area contributed by atoms with E-state index in [1.807, 2.05) is 65.4 Å². The molecule has 0 bridgehead atoms. The van der Waals surface area contributed by atoms with E-state index in [1.54, 1.807) is 47.5 Å². The maximum Gasteiger partial charge on any atom is 0.226 e. The summed E-state index contributed by atoms with van der Waals surface area (Å²) in [5, 5.41) is 11.0. The molecule has 0 spiro atoms. The van der Waals surface area contributed by atoms with Crippen LogP contribution in [0.4, 0.5) is 0 Å². The third-order valence-electron chi connectivity index (χ3n) is 19.5. The van der Waals surface area contributed by atoms with Gasteiger partial charge in [-0.1, -0.05) is 68.2 Å². The first-order valence-corrected chi connectivity index (χ1v) is 30.6. The SMILES string of the molecule is CC[C@H]1CN2CCc3cc(OC)c(OC)cc3C2C[C@@H]1C[C@@H]1c2cc(OC)c(OC)cc2CCN1C(=O)CCCC(=O)[C@H](C)[C@@H](OC)C1CCCN1C(=O)C[C@@H](CO)C([C@@H](C)CC)N(C)C(=O)[C@@H](CC(=O)[C@H](C(C)C)N(C)C)C(C)C. The van der Waals surface area contributed by atoms with Crippen molar-refractivity contribution in [3.63, 3.8) is 0 Å². The van der Waals surface area contributed by atoms with Crippen LogP contribution >= 0.6 is 0 Å². The van der Waals surface area contributed by atoms with Gasteiger partial charge >= 0.3 is 0 Å². The minimum absolute atomic E-state index is 0.0143. The fraction of sp³-hybridized carbons (Fsp3) is 0.738. The molecule has 2 aromatic carbocycles. The van der Waals surface area contributed by atoms with Crippen LogP contribution in [0.3, 0.4) is 0 Å². The molecule has 81 heavy (non-hydrogen) atoms. The van der Waals surface area contributed by atoms with Crippen LogP contribution in [0.1, 0.15) is 160 Å². The number of carbonyl (C=O) groups is 5. The number of hydrogen-bond acceptors (Lipinski definition) is 13. The highest BCUT2D eigenvalue weighted by Crippen LogP contribution is 2.50. The summed E-state index contributed by atoms with van der Waals surface area (Å²) in [6, 6.07) is 7.37. The number of likely N-dealkylation sites (N-methyl/N-ethyl adjacent to an activating group) is 1. The van der Waals surface area contributed by atoms with E-state index in [1.165, 1.54) is 11.1 Å². The summed E-state index contributed by atoms with van der Waals surface area (Å²) in [7, 11) is 13.8. The number of hydrogen-bond donors (Lipinski definition) is 1. The fourth-order valence-electron chi connectivity index (χ4n) is 14.9. The van der Waals surface area contributed by atoms with Gasteiger partial charge in [-0.2, -0.15) is 0 Å². The molecular weight excluding hydrogens is 1030 g/mol. The second-order valence-electron chi connectivity index (χ2n) is 25.1. The molecule has 2 fully saturated rings. The van der Waals surface area contributed by atoms with Gasteiger partial charge in [0.1, 0.15) is 5.78 Å². The number of likely N-dealkylation sites (tertiary alicyclic amines) is 1. The number of benzene rings is 2. The molecule has 4 aliphatic heterocycles. The van der Waals surface area contributed by atoms with Crippen LogP contribution < -0.4 is 18.9 Å². The summed E-state index contributed by atoms with van der Waals surface area (Å²) in [5.41, 5.74) is 4.84. The number of nitrogens with zero attached hydrogens (tertiary/aromatic N) is 5. The second kappa shape index (κ2) is 29.7. The Balaban J connectivity index is 1.14. The normalized spacial score (nSPS) is 22.7. The van der Waals surface area contributed by atoms with Crippen molar-refractivity contribution in [2.45, 2.75) is 175 Å². The van der Waals surface area contributed by atoms with Crippen molar-refractivity contribution in [1.82, 2.24) is 24.5 Å². The van der Waals surface area contributed by atoms with Crippen LogP contribution in [-0.4, -0.2) is 173 Å². The van der Waals surface area contributed by atoms with E-state index in [-0.39, 0.29) is 103 Å². The van der Waals surface area contributed by atoms with Gasteiger partial charge in [0, 0.05) is 102 Å². The average molecular weight is 1130 g/mol. The molecule has 0 aliphatic carbocycles. The van der Waals surface area contributed by atoms with Gasteiger partial charge in [0.2, 0.25) is 17.7 Å². The highest BCUT2D eigenvalue weighted by Gasteiger charge is 2.45. The van der Waals surface area contributed by atoms with Crippen molar-refractivity contribution < 1.29 is 52.8 Å². The van der Waals surface area contributed by atoms with Crippen molar-refractivity contribution in [3.8, 4) is 23.0 Å². The Morgan fingerprint density at radius 1 is 0.704 bits per heavy atom.